The zero-order valence-corrected chi connectivity index (χ0v) is 13.9. The number of benzene rings is 2. The molecule has 0 amide bonds. The quantitative estimate of drug-likeness (QED) is 0.687. The van der Waals surface area contributed by atoms with E-state index in [1.165, 1.54) is 7.11 Å². The van der Waals surface area contributed by atoms with E-state index in [9.17, 15) is 15.3 Å². The van der Waals surface area contributed by atoms with Crippen molar-refractivity contribution in [2.75, 3.05) is 7.11 Å². The van der Waals surface area contributed by atoms with Gasteiger partial charge < -0.3 is 20.1 Å². The van der Waals surface area contributed by atoms with Crippen molar-refractivity contribution in [3.8, 4) is 17.2 Å². The molecule has 0 spiro atoms. The molecule has 4 heteroatoms. The fraction of sp³-hybridized carbons (Fsp3) is 0.300. The van der Waals surface area contributed by atoms with E-state index in [1.807, 2.05) is 30.4 Å². The first-order valence-electron chi connectivity index (χ1n) is 8.08. The minimum absolute atomic E-state index is 0.126. The maximum Gasteiger partial charge on any atom is 0.160 e. The van der Waals surface area contributed by atoms with E-state index in [1.54, 1.807) is 24.3 Å². The molecule has 3 N–H and O–H groups in total. The summed E-state index contributed by atoms with van der Waals surface area (Å²) < 4.78 is 5.08. The monoisotopic (exact) mass is 328 g/mol. The van der Waals surface area contributed by atoms with Crippen LogP contribution in [0.15, 0.2) is 48.5 Å². The van der Waals surface area contributed by atoms with Gasteiger partial charge >= 0.3 is 0 Å². The van der Waals surface area contributed by atoms with Gasteiger partial charge in [0.15, 0.2) is 11.5 Å². The maximum absolute atomic E-state index is 10.1. The lowest BCUT2D eigenvalue weighted by Crippen LogP contribution is -2.07. The molecule has 0 bridgehead atoms. The second-order valence-corrected chi connectivity index (χ2v) is 5.77. The summed E-state index contributed by atoms with van der Waals surface area (Å²) in [5, 5.41) is 28.9. The summed E-state index contributed by atoms with van der Waals surface area (Å²) >= 11 is 0. The van der Waals surface area contributed by atoms with Crippen LogP contribution >= 0.6 is 0 Å². The standard InChI is InChI=1S/C20H24O4/c1-24-20-14-16(9-13-19(20)23)8-12-17(21)5-3-2-4-15-6-10-18(22)11-7-15/h2,4,6-7,9-11,13-14,17,21-23H,3,5,8,12H2,1H3. The van der Waals surface area contributed by atoms with Crippen LogP contribution < -0.4 is 4.74 Å². The maximum atomic E-state index is 10.1. The van der Waals surface area contributed by atoms with Crippen molar-refractivity contribution in [1.29, 1.82) is 0 Å². The molecule has 128 valence electrons. The third-order valence-electron chi connectivity index (χ3n) is 3.88. The van der Waals surface area contributed by atoms with E-state index in [2.05, 4.69) is 0 Å². The molecule has 0 heterocycles. The first-order chi connectivity index (χ1) is 11.6. The Balaban J connectivity index is 1.73. The van der Waals surface area contributed by atoms with Crippen LogP contribution in [0.3, 0.4) is 0 Å². The molecule has 0 aromatic heterocycles. The third-order valence-corrected chi connectivity index (χ3v) is 3.88. The van der Waals surface area contributed by atoms with Crippen molar-refractivity contribution in [3.05, 3.63) is 59.7 Å². The average molecular weight is 328 g/mol. The molecule has 0 radical (unpaired) electrons. The Kier molecular flexibility index (Phi) is 6.70. The third kappa shape index (κ3) is 5.63. The van der Waals surface area contributed by atoms with Crippen molar-refractivity contribution >= 4 is 6.08 Å². The highest BCUT2D eigenvalue weighted by atomic mass is 16.5. The van der Waals surface area contributed by atoms with Crippen molar-refractivity contribution in [2.45, 2.75) is 31.8 Å². The van der Waals surface area contributed by atoms with Crippen LogP contribution in [0.1, 0.15) is 30.4 Å². The van der Waals surface area contributed by atoms with E-state index in [-0.39, 0.29) is 17.6 Å². The van der Waals surface area contributed by atoms with Gasteiger partial charge in [-0.3, -0.25) is 0 Å². The van der Waals surface area contributed by atoms with Crippen molar-refractivity contribution < 1.29 is 20.1 Å². The van der Waals surface area contributed by atoms with Gasteiger partial charge in [-0.2, -0.15) is 0 Å². The average Bonchev–Trinajstić information content (AvgIpc) is 2.59. The summed E-state index contributed by atoms with van der Waals surface area (Å²) in [4.78, 5) is 0. The lowest BCUT2D eigenvalue weighted by molar-refractivity contribution is 0.156. The Morgan fingerprint density at radius 2 is 1.79 bits per heavy atom. The van der Waals surface area contributed by atoms with Gasteiger partial charge in [0.25, 0.3) is 0 Å². The minimum atomic E-state index is -0.366. The number of phenols is 2. The minimum Gasteiger partial charge on any atom is -0.508 e. The van der Waals surface area contributed by atoms with Crippen molar-refractivity contribution in [1.82, 2.24) is 0 Å². The summed E-state index contributed by atoms with van der Waals surface area (Å²) in [7, 11) is 1.52. The molecular weight excluding hydrogens is 304 g/mol. The molecule has 0 saturated carbocycles. The smallest absolute Gasteiger partial charge is 0.160 e. The summed E-state index contributed by atoms with van der Waals surface area (Å²) in [5.74, 6) is 0.841. The van der Waals surface area contributed by atoms with Gasteiger partial charge in [0, 0.05) is 0 Å². The zero-order chi connectivity index (χ0) is 17.4. The zero-order valence-electron chi connectivity index (χ0n) is 13.9. The van der Waals surface area contributed by atoms with E-state index in [0.29, 0.717) is 18.6 Å². The molecule has 4 nitrogen and oxygen atoms in total. The van der Waals surface area contributed by atoms with Gasteiger partial charge in [-0.1, -0.05) is 30.4 Å². The van der Waals surface area contributed by atoms with Gasteiger partial charge in [0.1, 0.15) is 5.75 Å². The van der Waals surface area contributed by atoms with Gasteiger partial charge in [-0.25, -0.2) is 0 Å². The predicted octanol–water partition coefficient (Wildman–Crippen LogP) is 3.89. The molecular formula is C20H24O4. The SMILES string of the molecule is COc1cc(CCC(O)CCC=Cc2ccc(O)cc2)ccc1O. The molecule has 24 heavy (non-hydrogen) atoms. The molecule has 0 saturated heterocycles. The summed E-state index contributed by atoms with van der Waals surface area (Å²) in [6, 6.07) is 12.3. The van der Waals surface area contributed by atoms with Gasteiger partial charge in [0.05, 0.1) is 13.2 Å². The first kappa shape index (κ1) is 17.9. The molecule has 1 unspecified atom stereocenters. The Labute approximate surface area is 142 Å². The number of methoxy groups -OCH3 is 1. The van der Waals surface area contributed by atoms with Crippen molar-refractivity contribution in [2.24, 2.45) is 0 Å². The molecule has 0 fully saturated rings. The summed E-state index contributed by atoms with van der Waals surface area (Å²) in [6.45, 7) is 0. The number of aromatic hydroxyl groups is 2. The van der Waals surface area contributed by atoms with Crippen LogP contribution in [0.2, 0.25) is 0 Å². The number of hydrogen-bond acceptors (Lipinski definition) is 4. The fourth-order valence-electron chi connectivity index (χ4n) is 2.45. The van der Waals surface area contributed by atoms with E-state index >= 15 is 0 Å². The number of aliphatic hydroxyl groups excluding tert-OH is 1. The highest BCUT2D eigenvalue weighted by molar-refractivity contribution is 5.50. The lowest BCUT2D eigenvalue weighted by Gasteiger charge is -2.10. The Morgan fingerprint density at radius 1 is 1.04 bits per heavy atom. The van der Waals surface area contributed by atoms with Crippen LogP contribution in [-0.2, 0) is 6.42 Å². The Hall–Kier alpha value is -2.46. The second-order valence-electron chi connectivity index (χ2n) is 5.77. The topological polar surface area (TPSA) is 69.9 Å². The van der Waals surface area contributed by atoms with E-state index < -0.39 is 0 Å². The molecule has 2 rings (SSSR count). The highest BCUT2D eigenvalue weighted by Gasteiger charge is 2.06. The number of hydrogen-bond donors (Lipinski definition) is 3. The highest BCUT2D eigenvalue weighted by Crippen LogP contribution is 2.27. The van der Waals surface area contributed by atoms with Crippen LogP contribution in [0.4, 0.5) is 0 Å². The molecule has 2 aromatic rings. The molecule has 0 aliphatic rings. The van der Waals surface area contributed by atoms with Gasteiger partial charge in [-0.15, -0.1) is 0 Å². The molecule has 2 aromatic carbocycles. The van der Waals surface area contributed by atoms with Crippen LogP contribution in [-0.4, -0.2) is 28.5 Å². The normalized spacial score (nSPS) is 12.4. The predicted molar refractivity (Wildman–Crippen MR) is 95.4 cm³/mol. The number of rotatable bonds is 8. The molecule has 1 atom stereocenters. The first-order valence-corrected chi connectivity index (χ1v) is 8.08. The fourth-order valence-corrected chi connectivity index (χ4v) is 2.45. The number of allylic oxidation sites excluding steroid dienone is 1. The van der Waals surface area contributed by atoms with Gasteiger partial charge in [-0.05, 0) is 61.1 Å². The largest absolute Gasteiger partial charge is 0.508 e. The molecule has 0 aliphatic carbocycles. The van der Waals surface area contributed by atoms with Crippen LogP contribution in [0.25, 0.3) is 6.08 Å². The van der Waals surface area contributed by atoms with E-state index in [4.69, 9.17) is 4.74 Å². The number of ether oxygens (including phenoxy) is 1. The summed E-state index contributed by atoms with van der Waals surface area (Å²) in [6.07, 6.45) is 6.54. The van der Waals surface area contributed by atoms with Crippen molar-refractivity contribution in [3.63, 3.8) is 0 Å². The van der Waals surface area contributed by atoms with E-state index in [0.717, 1.165) is 24.0 Å². The van der Waals surface area contributed by atoms with Crippen LogP contribution in [0.5, 0.6) is 17.2 Å². The number of phenolic OH excluding ortho intramolecular Hbond substituents is 2. The summed E-state index contributed by atoms with van der Waals surface area (Å²) in [5.41, 5.74) is 2.06. The van der Waals surface area contributed by atoms with Crippen LogP contribution in [0, 0.1) is 0 Å². The number of aryl methyl sites for hydroxylation is 1. The number of aliphatic hydroxyl groups is 1. The Morgan fingerprint density at radius 3 is 2.50 bits per heavy atom. The second kappa shape index (κ2) is 8.99. The lowest BCUT2D eigenvalue weighted by atomic mass is 10.0. The molecule has 0 aliphatic heterocycles. The Bertz CT molecular complexity index is 662. The van der Waals surface area contributed by atoms with Gasteiger partial charge in [0.2, 0.25) is 0 Å².